The van der Waals surface area contributed by atoms with Gasteiger partial charge in [-0.2, -0.15) is 0 Å². The van der Waals surface area contributed by atoms with E-state index in [4.69, 9.17) is 31.5 Å². The van der Waals surface area contributed by atoms with Gasteiger partial charge in [-0.05, 0) is 44.4 Å². The van der Waals surface area contributed by atoms with E-state index in [2.05, 4.69) is 5.32 Å². The molecule has 10 heteroatoms. The lowest BCUT2D eigenvalue weighted by Crippen LogP contribution is -2.49. The Hall–Kier alpha value is -3.24. The molecule has 7 nitrogen and oxygen atoms in total. The van der Waals surface area contributed by atoms with Crippen molar-refractivity contribution in [2.45, 2.75) is 57.0 Å². The van der Waals surface area contributed by atoms with Gasteiger partial charge < -0.3 is 30.4 Å². The van der Waals surface area contributed by atoms with Crippen LogP contribution in [0.4, 0.5) is 8.78 Å². The molecule has 3 aromatic carbocycles. The Morgan fingerprint density at radius 2 is 1.85 bits per heavy atom. The molecule has 41 heavy (non-hydrogen) atoms. The number of nitrogens with one attached hydrogen (secondary N) is 1. The summed E-state index contributed by atoms with van der Waals surface area (Å²) in [6, 6.07) is 13.4. The standard InChI is InChI=1S/C31H33ClF2N2O5/c1-17-12-20(13-18(2)40-17)36-16-31(19-6-4-3-5-7-19)15-22-25(41-31)14-23(33)28(32)26(22)27-21(30(35)38)8-9-24(29(27)34)39-11-10-37/h3-9,14,17-18,20,36-37H,10-13,15-16H2,1-2H3,(H2,35,38)/t17-,18+,20?,31-/m1/s1. The van der Waals surface area contributed by atoms with Gasteiger partial charge in [-0.15, -0.1) is 0 Å². The molecule has 4 atom stereocenters. The first-order chi connectivity index (χ1) is 19.6. The quantitative estimate of drug-likeness (QED) is 0.321. The van der Waals surface area contributed by atoms with E-state index in [0.717, 1.165) is 18.4 Å². The molecule has 0 aliphatic carbocycles. The third-order valence-electron chi connectivity index (χ3n) is 7.70. The van der Waals surface area contributed by atoms with E-state index in [-0.39, 0.29) is 71.1 Å². The van der Waals surface area contributed by atoms with Gasteiger partial charge in [0.05, 0.1) is 29.4 Å². The van der Waals surface area contributed by atoms with Crippen molar-refractivity contribution < 1.29 is 32.9 Å². The number of ether oxygens (including phenoxy) is 3. The van der Waals surface area contributed by atoms with Gasteiger partial charge in [0.15, 0.2) is 17.2 Å². The fourth-order valence-corrected chi connectivity index (χ4v) is 6.22. The Morgan fingerprint density at radius 1 is 1.15 bits per heavy atom. The van der Waals surface area contributed by atoms with Crippen molar-refractivity contribution in [2.75, 3.05) is 19.8 Å². The first-order valence-electron chi connectivity index (χ1n) is 13.6. The fraction of sp³-hybridized carbons (Fsp3) is 0.387. The maximum atomic E-state index is 16.0. The smallest absolute Gasteiger partial charge is 0.249 e. The Balaban J connectivity index is 1.62. The zero-order chi connectivity index (χ0) is 29.3. The number of primary amides is 1. The zero-order valence-electron chi connectivity index (χ0n) is 22.9. The highest BCUT2D eigenvalue weighted by atomic mass is 35.5. The SMILES string of the molecule is C[C@@H]1CC(NC[C@@]2(c3ccccc3)Cc3c(cc(F)c(Cl)c3-c3c(C(N)=O)ccc(OCCO)c3F)O2)C[C@H](C)O1. The molecule has 0 radical (unpaired) electrons. The number of hydrogen-bond donors (Lipinski definition) is 3. The lowest BCUT2D eigenvalue weighted by molar-refractivity contribution is -0.0450. The number of aliphatic hydroxyl groups excluding tert-OH is 1. The molecule has 3 aromatic rings. The molecular weight excluding hydrogens is 554 g/mol. The van der Waals surface area contributed by atoms with Crippen LogP contribution in [0.2, 0.25) is 5.02 Å². The average Bonchev–Trinajstić information content (AvgIpc) is 3.31. The van der Waals surface area contributed by atoms with Crippen LogP contribution in [0.15, 0.2) is 48.5 Å². The largest absolute Gasteiger partial charge is 0.488 e. The second-order valence-corrected chi connectivity index (χ2v) is 11.1. The maximum Gasteiger partial charge on any atom is 0.249 e. The number of fused-ring (bicyclic) bond motifs is 1. The molecule has 2 heterocycles. The fourth-order valence-electron chi connectivity index (χ4n) is 5.96. The summed E-state index contributed by atoms with van der Waals surface area (Å²) < 4.78 is 49.2. The molecule has 0 bridgehead atoms. The molecule has 0 saturated carbocycles. The van der Waals surface area contributed by atoms with E-state index in [1.807, 2.05) is 44.2 Å². The highest BCUT2D eigenvalue weighted by Crippen LogP contribution is 2.50. The van der Waals surface area contributed by atoms with Crippen LogP contribution in [-0.4, -0.2) is 49.0 Å². The number of aliphatic hydroxyl groups is 1. The number of halogens is 3. The Kier molecular flexibility index (Phi) is 8.52. The Morgan fingerprint density at radius 3 is 2.51 bits per heavy atom. The number of carbonyl (C=O) groups excluding carboxylic acids is 1. The molecule has 1 unspecified atom stereocenters. The van der Waals surface area contributed by atoms with E-state index < -0.39 is 23.1 Å². The molecule has 1 amide bonds. The van der Waals surface area contributed by atoms with Crippen LogP contribution >= 0.6 is 11.6 Å². The van der Waals surface area contributed by atoms with Gasteiger partial charge in [0.1, 0.15) is 18.2 Å². The number of rotatable bonds is 9. The number of amides is 1. The van der Waals surface area contributed by atoms with Crippen molar-refractivity contribution in [3.63, 3.8) is 0 Å². The maximum absolute atomic E-state index is 16.0. The van der Waals surface area contributed by atoms with Gasteiger partial charge in [-0.3, -0.25) is 4.79 Å². The minimum atomic E-state index is -0.978. The summed E-state index contributed by atoms with van der Waals surface area (Å²) in [5, 5.41) is 12.4. The summed E-state index contributed by atoms with van der Waals surface area (Å²) in [6.07, 6.45) is 2.05. The summed E-state index contributed by atoms with van der Waals surface area (Å²) in [6.45, 7) is 3.92. The molecule has 2 aliphatic heterocycles. The second-order valence-electron chi connectivity index (χ2n) is 10.7. The van der Waals surface area contributed by atoms with Crippen molar-refractivity contribution in [1.82, 2.24) is 5.32 Å². The van der Waals surface area contributed by atoms with Gasteiger partial charge in [0.25, 0.3) is 0 Å². The molecule has 1 fully saturated rings. The van der Waals surface area contributed by atoms with Crippen LogP contribution in [0.3, 0.4) is 0 Å². The minimum absolute atomic E-state index is 0.0199. The van der Waals surface area contributed by atoms with Gasteiger partial charge >= 0.3 is 0 Å². The van der Waals surface area contributed by atoms with E-state index >= 15 is 8.78 Å². The molecule has 4 N–H and O–H groups in total. The van der Waals surface area contributed by atoms with Gasteiger partial charge in [-0.25, -0.2) is 8.78 Å². The van der Waals surface area contributed by atoms with Crippen LogP contribution in [0.1, 0.15) is 48.2 Å². The van der Waals surface area contributed by atoms with Gasteiger partial charge in [-0.1, -0.05) is 41.9 Å². The van der Waals surface area contributed by atoms with Crippen molar-refractivity contribution in [3.05, 3.63) is 81.9 Å². The van der Waals surface area contributed by atoms with Gasteiger partial charge in [0, 0.05) is 41.8 Å². The summed E-state index contributed by atoms with van der Waals surface area (Å²) in [7, 11) is 0. The number of nitrogens with two attached hydrogens (primary N) is 1. The zero-order valence-corrected chi connectivity index (χ0v) is 23.6. The van der Waals surface area contributed by atoms with Crippen LogP contribution in [-0.2, 0) is 16.8 Å². The third kappa shape index (κ3) is 5.77. The van der Waals surface area contributed by atoms with Crippen molar-refractivity contribution >= 4 is 17.5 Å². The molecule has 0 spiro atoms. The van der Waals surface area contributed by atoms with E-state index in [1.54, 1.807) is 0 Å². The van der Waals surface area contributed by atoms with E-state index in [1.165, 1.54) is 18.2 Å². The van der Waals surface area contributed by atoms with E-state index in [0.29, 0.717) is 12.1 Å². The van der Waals surface area contributed by atoms with Crippen molar-refractivity contribution in [1.29, 1.82) is 0 Å². The first kappa shape index (κ1) is 29.3. The lowest BCUT2D eigenvalue weighted by Gasteiger charge is -2.36. The lowest BCUT2D eigenvalue weighted by atomic mass is 9.84. The van der Waals surface area contributed by atoms with Crippen molar-refractivity contribution in [2.24, 2.45) is 5.73 Å². The van der Waals surface area contributed by atoms with Crippen LogP contribution < -0.4 is 20.5 Å². The number of carbonyl (C=O) groups is 1. The highest BCUT2D eigenvalue weighted by molar-refractivity contribution is 6.34. The monoisotopic (exact) mass is 586 g/mol. The number of hydrogen-bond acceptors (Lipinski definition) is 6. The molecule has 0 aromatic heterocycles. The summed E-state index contributed by atoms with van der Waals surface area (Å²) in [5.41, 5.74) is 5.45. The Labute approximate surface area is 242 Å². The molecule has 218 valence electrons. The molecule has 1 saturated heterocycles. The van der Waals surface area contributed by atoms with E-state index in [9.17, 15) is 9.90 Å². The second kappa shape index (κ2) is 11.9. The van der Waals surface area contributed by atoms with Crippen LogP contribution in [0.25, 0.3) is 11.1 Å². The summed E-state index contributed by atoms with van der Waals surface area (Å²) in [4.78, 5) is 12.4. The van der Waals surface area contributed by atoms with Crippen molar-refractivity contribution in [3.8, 4) is 22.6 Å². The highest BCUT2D eigenvalue weighted by Gasteiger charge is 2.44. The third-order valence-corrected chi connectivity index (χ3v) is 8.07. The topological polar surface area (TPSA) is 103 Å². The predicted molar refractivity (Wildman–Crippen MR) is 151 cm³/mol. The normalized spacial score (nSPS) is 23.6. The molecular formula is C31H33ClF2N2O5. The number of benzene rings is 3. The molecule has 5 rings (SSSR count). The first-order valence-corrected chi connectivity index (χ1v) is 14.0. The Bertz CT molecular complexity index is 1430. The average molecular weight is 587 g/mol. The molecule has 2 aliphatic rings. The summed E-state index contributed by atoms with van der Waals surface area (Å²) >= 11 is 6.53. The van der Waals surface area contributed by atoms with Crippen LogP contribution in [0.5, 0.6) is 11.5 Å². The predicted octanol–water partition coefficient (Wildman–Crippen LogP) is 5.13. The summed E-state index contributed by atoms with van der Waals surface area (Å²) in [5.74, 6) is -2.73. The van der Waals surface area contributed by atoms with Gasteiger partial charge in [0.2, 0.25) is 5.91 Å². The van der Waals surface area contributed by atoms with Crippen LogP contribution in [0, 0.1) is 11.6 Å². The minimum Gasteiger partial charge on any atom is -0.488 e.